The Morgan fingerprint density at radius 3 is 2.62 bits per heavy atom. The van der Waals surface area contributed by atoms with Gasteiger partial charge in [-0.25, -0.2) is 14.4 Å². The molecule has 8 nitrogen and oxygen atoms in total. The summed E-state index contributed by atoms with van der Waals surface area (Å²) >= 11 is 0. The number of halogens is 1. The smallest absolute Gasteiger partial charge is 0.254 e. The zero-order chi connectivity index (χ0) is 25.5. The third-order valence-corrected chi connectivity index (χ3v) is 7.70. The van der Waals surface area contributed by atoms with Crippen LogP contribution in [-0.2, 0) is 6.54 Å². The van der Waals surface area contributed by atoms with Gasteiger partial charge in [-0.1, -0.05) is 6.07 Å². The van der Waals surface area contributed by atoms with Crippen molar-refractivity contribution in [1.82, 2.24) is 19.7 Å². The first-order valence-corrected chi connectivity index (χ1v) is 12.6. The lowest BCUT2D eigenvalue weighted by Crippen LogP contribution is -2.36. The molecule has 190 valence electrons. The predicted octanol–water partition coefficient (Wildman–Crippen LogP) is 4.37. The quantitative estimate of drug-likeness (QED) is 0.385. The third-order valence-electron chi connectivity index (χ3n) is 7.70. The number of nitrogens with one attached hydrogen (secondary N) is 2. The molecule has 9 heteroatoms. The van der Waals surface area contributed by atoms with E-state index >= 15 is 0 Å². The zero-order valence-corrected chi connectivity index (χ0v) is 20.6. The van der Waals surface area contributed by atoms with Gasteiger partial charge in [0, 0.05) is 44.6 Å². The molecule has 1 amide bonds. The highest BCUT2D eigenvalue weighted by Crippen LogP contribution is 2.39. The van der Waals surface area contributed by atoms with Gasteiger partial charge in [0.05, 0.1) is 35.0 Å². The molecule has 37 heavy (non-hydrogen) atoms. The lowest BCUT2D eigenvalue weighted by atomic mass is 9.98. The molecule has 5 heterocycles. The van der Waals surface area contributed by atoms with Gasteiger partial charge in [0.1, 0.15) is 17.3 Å². The van der Waals surface area contributed by atoms with Gasteiger partial charge in [-0.15, -0.1) is 0 Å². The molecule has 1 saturated heterocycles. The highest BCUT2D eigenvalue weighted by Gasteiger charge is 2.33. The van der Waals surface area contributed by atoms with E-state index in [0.29, 0.717) is 23.6 Å². The standard InChI is InChI=1S/C27H25FN6O.CH4O/c28-18-7-8-34-23(13-30-25(34)10-18)20-4-5-22(26-21(20)12-31-27(26)35)32-24-6-3-19(11-29-24)33-14-16-1-2-17(9-16)15-33;1-2/h3-8,10-11,13,16-17H,1-2,9,12,14-15H2,(H,29,32)(H,31,35);2H,1H3/t16-,17+;. The van der Waals surface area contributed by atoms with E-state index in [1.54, 1.807) is 12.4 Å². The van der Waals surface area contributed by atoms with Gasteiger partial charge in [-0.3, -0.25) is 9.20 Å². The summed E-state index contributed by atoms with van der Waals surface area (Å²) in [6.45, 7) is 2.67. The van der Waals surface area contributed by atoms with Crippen LogP contribution >= 0.6 is 0 Å². The van der Waals surface area contributed by atoms with Gasteiger partial charge < -0.3 is 20.6 Å². The lowest BCUT2D eigenvalue weighted by molar-refractivity contribution is 0.0966. The number of amides is 1. The number of aromatic nitrogens is 3. The number of hydrogen-bond donors (Lipinski definition) is 3. The molecule has 2 bridgehead atoms. The van der Waals surface area contributed by atoms with Gasteiger partial charge in [0.2, 0.25) is 0 Å². The number of benzene rings is 1. The predicted molar refractivity (Wildman–Crippen MR) is 140 cm³/mol. The van der Waals surface area contributed by atoms with Crippen LogP contribution in [0.5, 0.6) is 0 Å². The number of nitrogens with zero attached hydrogens (tertiary/aromatic N) is 4. The van der Waals surface area contributed by atoms with Gasteiger partial charge in [-0.05, 0) is 60.9 Å². The number of fused-ring (bicyclic) bond motifs is 4. The fourth-order valence-electron chi connectivity index (χ4n) is 6.05. The van der Waals surface area contributed by atoms with Gasteiger partial charge in [0.15, 0.2) is 0 Å². The number of aliphatic hydroxyl groups excluding tert-OH is 1. The first kappa shape index (κ1) is 23.4. The molecule has 4 aromatic rings. The van der Waals surface area contributed by atoms with Crippen molar-refractivity contribution in [2.45, 2.75) is 25.8 Å². The van der Waals surface area contributed by atoms with Crippen molar-refractivity contribution < 1.29 is 14.3 Å². The van der Waals surface area contributed by atoms with E-state index < -0.39 is 0 Å². The van der Waals surface area contributed by atoms with Gasteiger partial charge in [0.25, 0.3) is 5.91 Å². The Morgan fingerprint density at radius 2 is 1.86 bits per heavy atom. The number of imidazole rings is 1. The molecular weight excluding hydrogens is 471 g/mol. The largest absolute Gasteiger partial charge is 0.400 e. The first-order chi connectivity index (χ1) is 18.1. The third kappa shape index (κ3) is 4.19. The summed E-state index contributed by atoms with van der Waals surface area (Å²) in [4.78, 5) is 24.2. The zero-order valence-electron chi connectivity index (χ0n) is 20.6. The molecule has 2 fully saturated rings. The van der Waals surface area contributed by atoms with Crippen molar-refractivity contribution >= 4 is 28.7 Å². The fourth-order valence-corrected chi connectivity index (χ4v) is 6.05. The average molecular weight is 501 g/mol. The summed E-state index contributed by atoms with van der Waals surface area (Å²) in [6, 6.07) is 10.8. The minimum atomic E-state index is -0.331. The van der Waals surface area contributed by atoms with Crippen LogP contribution in [0.15, 0.2) is 55.0 Å². The van der Waals surface area contributed by atoms with Crippen molar-refractivity contribution in [2.24, 2.45) is 11.8 Å². The number of anilines is 3. The summed E-state index contributed by atoms with van der Waals surface area (Å²) in [6.07, 6.45) is 9.38. The van der Waals surface area contributed by atoms with Gasteiger partial charge in [-0.2, -0.15) is 0 Å². The molecule has 1 aromatic carbocycles. The topological polar surface area (TPSA) is 94.8 Å². The van der Waals surface area contributed by atoms with Crippen LogP contribution in [-0.4, -0.2) is 45.6 Å². The van der Waals surface area contributed by atoms with E-state index in [1.807, 2.05) is 28.8 Å². The number of carbonyl (C=O) groups is 1. The molecule has 3 N–H and O–H groups in total. The van der Waals surface area contributed by atoms with Crippen LogP contribution in [0, 0.1) is 17.7 Å². The molecule has 0 unspecified atom stereocenters. The Balaban J connectivity index is 0.00000123. The Bertz CT molecular complexity index is 1460. The second-order valence-corrected chi connectivity index (χ2v) is 9.89. The molecule has 2 aliphatic heterocycles. The summed E-state index contributed by atoms with van der Waals surface area (Å²) in [5.74, 6) is 1.89. The monoisotopic (exact) mass is 500 g/mol. The molecule has 7 rings (SSSR count). The summed E-state index contributed by atoms with van der Waals surface area (Å²) in [7, 11) is 1.00. The van der Waals surface area contributed by atoms with Crippen molar-refractivity contribution in [2.75, 3.05) is 30.4 Å². The maximum atomic E-state index is 13.6. The first-order valence-electron chi connectivity index (χ1n) is 12.6. The highest BCUT2D eigenvalue weighted by atomic mass is 19.1. The average Bonchev–Trinajstić information content (AvgIpc) is 3.62. The van der Waals surface area contributed by atoms with E-state index in [0.717, 1.165) is 60.2 Å². The Hall–Kier alpha value is -3.98. The normalized spacial score (nSPS) is 19.9. The van der Waals surface area contributed by atoms with Crippen molar-refractivity contribution in [3.8, 4) is 11.3 Å². The number of pyridine rings is 2. The van der Waals surface area contributed by atoms with Crippen molar-refractivity contribution in [3.05, 3.63) is 71.9 Å². The lowest BCUT2D eigenvalue weighted by Gasteiger charge is -2.33. The van der Waals surface area contributed by atoms with Crippen LogP contribution in [0.25, 0.3) is 16.9 Å². The summed E-state index contributed by atoms with van der Waals surface area (Å²) in [5, 5.41) is 13.3. The minimum Gasteiger partial charge on any atom is -0.400 e. The van der Waals surface area contributed by atoms with E-state index in [2.05, 4.69) is 31.6 Å². The highest BCUT2D eigenvalue weighted by molar-refractivity contribution is 6.06. The number of hydrogen-bond acceptors (Lipinski definition) is 6. The van der Waals surface area contributed by atoms with Crippen LogP contribution < -0.4 is 15.5 Å². The molecule has 3 aliphatic rings. The second-order valence-electron chi connectivity index (χ2n) is 9.89. The SMILES string of the molecule is CO.O=C1NCc2c(-c3cnc4cc(F)ccn34)ccc(Nc3ccc(N4C[C@@H]5CC[C@@H](C5)C4)cn3)c21. The molecule has 0 radical (unpaired) electrons. The molecule has 0 spiro atoms. The number of aliphatic hydroxyl groups is 1. The number of rotatable bonds is 4. The van der Waals surface area contributed by atoms with Crippen molar-refractivity contribution in [1.29, 1.82) is 0 Å². The van der Waals surface area contributed by atoms with Crippen LogP contribution in [0.2, 0.25) is 0 Å². The van der Waals surface area contributed by atoms with Crippen LogP contribution in [0.1, 0.15) is 35.2 Å². The Morgan fingerprint density at radius 1 is 1.05 bits per heavy atom. The molecule has 1 saturated carbocycles. The summed E-state index contributed by atoms with van der Waals surface area (Å²) < 4.78 is 15.5. The van der Waals surface area contributed by atoms with E-state index in [4.69, 9.17) is 5.11 Å². The maximum Gasteiger partial charge on any atom is 0.254 e. The second kappa shape index (κ2) is 9.48. The Labute approximate surface area is 214 Å². The minimum absolute atomic E-state index is 0.121. The van der Waals surface area contributed by atoms with E-state index in [-0.39, 0.29) is 11.7 Å². The van der Waals surface area contributed by atoms with Gasteiger partial charge >= 0.3 is 0 Å². The molecule has 2 atom stereocenters. The van der Waals surface area contributed by atoms with E-state index in [1.165, 1.54) is 31.4 Å². The molecule has 3 aromatic heterocycles. The fraction of sp³-hybridized carbons (Fsp3) is 0.321. The maximum absolute atomic E-state index is 13.6. The molecule has 1 aliphatic carbocycles. The van der Waals surface area contributed by atoms with Crippen LogP contribution in [0.4, 0.5) is 21.6 Å². The summed E-state index contributed by atoms with van der Waals surface area (Å²) in [5.41, 5.74) is 5.62. The van der Waals surface area contributed by atoms with Crippen LogP contribution in [0.3, 0.4) is 0 Å². The molecular formula is C28H29FN6O2. The number of carbonyl (C=O) groups excluding carboxylic acids is 1. The van der Waals surface area contributed by atoms with E-state index in [9.17, 15) is 9.18 Å². The van der Waals surface area contributed by atoms with Crippen molar-refractivity contribution in [3.63, 3.8) is 0 Å². The Kier molecular flexibility index (Phi) is 6.00. The number of piperidine rings is 1.